The number of carbonyl (C=O) groups is 1. The van der Waals surface area contributed by atoms with Gasteiger partial charge in [0.15, 0.2) is 0 Å². The average Bonchev–Trinajstić information content (AvgIpc) is 2.37. The minimum atomic E-state index is -0.209. The first-order valence-corrected chi connectivity index (χ1v) is 5.99. The van der Waals surface area contributed by atoms with Gasteiger partial charge in [-0.15, -0.1) is 0 Å². The van der Waals surface area contributed by atoms with E-state index in [4.69, 9.17) is 5.73 Å². The Hall–Kier alpha value is -2.49. The summed E-state index contributed by atoms with van der Waals surface area (Å²) in [6.45, 7) is 1.93. The van der Waals surface area contributed by atoms with E-state index in [1.54, 1.807) is 30.3 Å². The molecule has 0 unspecified atom stereocenters. The van der Waals surface area contributed by atoms with Crippen molar-refractivity contribution in [1.29, 1.82) is 0 Å². The lowest BCUT2D eigenvalue weighted by Crippen LogP contribution is -2.15. The van der Waals surface area contributed by atoms with Crippen LogP contribution in [0.1, 0.15) is 11.1 Å². The molecule has 0 radical (unpaired) electrons. The molecule has 2 aromatic rings. The fraction of sp³-hybridized carbons (Fsp3) is 0.133. The number of nitrogens with two attached hydrogens (primary N) is 1. The van der Waals surface area contributed by atoms with Crippen LogP contribution >= 0.6 is 0 Å². The van der Waals surface area contributed by atoms with Gasteiger partial charge in [0.25, 0.3) is 0 Å². The number of benzene rings is 2. The summed E-state index contributed by atoms with van der Waals surface area (Å²) in [6.07, 6.45) is 0.111. The van der Waals surface area contributed by atoms with Crippen LogP contribution in [0.3, 0.4) is 0 Å². The van der Waals surface area contributed by atoms with Crippen molar-refractivity contribution in [3.05, 3.63) is 53.6 Å². The number of rotatable bonds is 3. The summed E-state index contributed by atoms with van der Waals surface area (Å²) in [5.74, 6) is -0.0892. The number of nitrogens with one attached hydrogen (secondary N) is 1. The van der Waals surface area contributed by atoms with Crippen LogP contribution < -0.4 is 11.1 Å². The van der Waals surface area contributed by atoms with Gasteiger partial charge in [-0.05, 0) is 30.7 Å². The van der Waals surface area contributed by atoms with Crippen LogP contribution in [0.25, 0.3) is 0 Å². The molecule has 2 aromatic carbocycles. The summed E-state index contributed by atoms with van der Waals surface area (Å²) in [5, 5.41) is 12.4. The van der Waals surface area contributed by atoms with Crippen LogP contribution in [0.4, 0.5) is 11.4 Å². The Kier molecular flexibility index (Phi) is 3.71. The maximum atomic E-state index is 11.9. The SMILES string of the molecule is Cc1ccc(N)c(NC(=O)Cc2ccccc2O)c1. The second-order valence-electron chi connectivity index (χ2n) is 4.44. The Morgan fingerprint density at radius 2 is 2.00 bits per heavy atom. The molecule has 1 amide bonds. The molecule has 0 heterocycles. The Bertz CT molecular complexity index is 609. The number of hydrogen-bond donors (Lipinski definition) is 3. The minimum Gasteiger partial charge on any atom is -0.508 e. The number of phenols is 1. The van der Waals surface area contributed by atoms with Crippen molar-refractivity contribution in [1.82, 2.24) is 0 Å². The van der Waals surface area contributed by atoms with Gasteiger partial charge in [-0.1, -0.05) is 24.3 Å². The summed E-state index contributed by atoms with van der Waals surface area (Å²) in [4.78, 5) is 11.9. The zero-order chi connectivity index (χ0) is 13.8. The first-order valence-electron chi connectivity index (χ1n) is 5.99. The van der Waals surface area contributed by atoms with Crippen molar-refractivity contribution in [2.24, 2.45) is 0 Å². The summed E-state index contributed by atoms with van der Waals surface area (Å²) in [7, 11) is 0. The average molecular weight is 256 g/mol. The molecular weight excluding hydrogens is 240 g/mol. The molecule has 0 saturated carbocycles. The molecule has 4 nitrogen and oxygen atoms in total. The van der Waals surface area contributed by atoms with E-state index in [2.05, 4.69) is 5.32 Å². The summed E-state index contributed by atoms with van der Waals surface area (Å²) in [6, 6.07) is 12.2. The molecule has 4 N–H and O–H groups in total. The number of nitrogen functional groups attached to an aromatic ring is 1. The van der Waals surface area contributed by atoms with Crippen LogP contribution in [0.2, 0.25) is 0 Å². The maximum absolute atomic E-state index is 11.9. The van der Waals surface area contributed by atoms with Gasteiger partial charge in [0, 0.05) is 5.56 Å². The Morgan fingerprint density at radius 3 is 2.74 bits per heavy atom. The highest BCUT2D eigenvalue weighted by atomic mass is 16.3. The van der Waals surface area contributed by atoms with Gasteiger partial charge in [0.2, 0.25) is 5.91 Å². The number of phenolic OH excluding ortho intramolecular Hbond substituents is 1. The summed E-state index contributed by atoms with van der Waals surface area (Å²) < 4.78 is 0. The molecule has 0 aliphatic heterocycles. The largest absolute Gasteiger partial charge is 0.508 e. The summed E-state index contributed by atoms with van der Waals surface area (Å²) in [5.41, 5.74) is 8.53. The molecule has 0 aliphatic rings. The molecule has 0 atom stereocenters. The van der Waals surface area contributed by atoms with Crippen molar-refractivity contribution in [3.63, 3.8) is 0 Å². The molecule has 2 rings (SSSR count). The van der Waals surface area contributed by atoms with Crippen molar-refractivity contribution in [2.75, 3.05) is 11.1 Å². The predicted molar refractivity (Wildman–Crippen MR) is 76.0 cm³/mol. The number of carbonyl (C=O) groups excluding carboxylic acids is 1. The maximum Gasteiger partial charge on any atom is 0.228 e. The fourth-order valence-electron chi connectivity index (χ4n) is 1.81. The van der Waals surface area contributed by atoms with Crippen LogP contribution in [0, 0.1) is 6.92 Å². The van der Waals surface area contributed by atoms with E-state index in [-0.39, 0.29) is 18.1 Å². The topological polar surface area (TPSA) is 75.3 Å². The number of aromatic hydroxyl groups is 1. The lowest BCUT2D eigenvalue weighted by atomic mass is 10.1. The van der Waals surface area contributed by atoms with E-state index in [1.165, 1.54) is 0 Å². The van der Waals surface area contributed by atoms with Crippen LogP contribution in [0.15, 0.2) is 42.5 Å². The van der Waals surface area contributed by atoms with Gasteiger partial charge in [-0.3, -0.25) is 4.79 Å². The van der Waals surface area contributed by atoms with Crippen LogP contribution in [-0.2, 0) is 11.2 Å². The molecule has 0 saturated heterocycles. The van der Waals surface area contributed by atoms with E-state index in [0.717, 1.165) is 5.56 Å². The minimum absolute atomic E-state index is 0.111. The second kappa shape index (κ2) is 5.44. The van der Waals surface area contributed by atoms with Gasteiger partial charge < -0.3 is 16.2 Å². The van der Waals surface area contributed by atoms with Gasteiger partial charge in [0.1, 0.15) is 5.75 Å². The number of anilines is 2. The molecule has 0 aliphatic carbocycles. The second-order valence-corrected chi connectivity index (χ2v) is 4.44. The number of aryl methyl sites for hydroxylation is 1. The van der Waals surface area contributed by atoms with Crippen molar-refractivity contribution in [3.8, 4) is 5.75 Å². The highest BCUT2D eigenvalue weighted by Gasteiger charge is 2.09. The smallest absolute Gasteiger partial charge is 0.228 e. The Morgan fingerprint density at radius 1 is 1.26 bits per heavy atom. The van der Waals surface area contributed by atoms with Crippen molar-refractivity contribution in [2.45, 2.75) is 13.3 Å². The Balaban J connectivity index is 2.10. The molecule has 98 valence electrons. The zero-order valence-corrected chi connectivity index (χ0v) is 10.7. The third-order valence-electron chi connectivity index (χ3n) is 2.83. The normalized spacial score (nSPS) is 10.2. The van der Waals surface area contributed by atoms with E-state index in [9.17, 15) is 9.90 Å². The highest BCUT2D eigenvalue weighted by molar-refractivity contribution is 5.95. The molecule has 0 fully saturated rings. The molecule has 0 aromatic heterocycles. The lowest BCUT2D eigenvalue weighted by Gasteiger charge is -2.09. The molecule has 0 spiro atoms. The van der Waals surface area contributed by atoms with Gasteiger partial charge in [-0.25, -0.2) is 0 Å². The van der Waals surface area contributed by atoms with E-state index < -0.39 is 0 Å². The predicted octanol–water partition coefficient (Wildman–Crippen LogP) is 2.46. The third-order valence-corrected chi connectivity index (χ3v) is 2.83. The highest BCUT2D eigenvalue weighted by Crippen LogP contribution is 2.21. The number of amides is 1. The quantitative estimate of drug-likeness (QED) is 0.738. The zero-order valence-electron chi connectivity index (χ0n) is 10.7. The number of para-hydroxylation sites is 1. The monoisotopic (exact) mass is 256 g/mol. The van der Waals surface area contributed by atoms with E-state index in [0.29, 0.717) is 16.9 Å². The Labute approximate surface area is 111 Å². The van der Waals surface area contributed by atoms with E-state index >= 15 is 0 Å². The first-order chi connectivity index (χ1) is 9.06. The molecule has 0 bridgehead atoms. The summed E-state index contributed by atoms with van der Waals surface area (Å²) >= 11 is 0. The van der Waals surface area contributed by atoms with Crippen LogP contribution in [-0.4, -0.2) is 11.0 Å². The number of hydrogen-bond acceptors (Lipinski definition) is 3. The molecule has 4 heteroatoms. The lowest BCUT2D eigenvalue weighted by molar-refractivity contribution is -0.115. The van der Waals surface area contributed by atoms with E-state index in [1.807, 2.05) is 19.1 Å². The van der Waals surface area contributed by atoms with Gasteiger partial charge >= 0.3 is 0 Å². The van der Waals surface area contributed by atoms with Gasteiger partial charge in [-0.2, -0.15) is 0 Å². The van der Waals surface area contributed by atoms with Crippen molar-refractivity contribution >= 4 is 17.3 Å². The van der Waals surface area contributed by atoms with Gasteiger partial charge in [0.05, 0.1) is 17.8 Å². The first kappa shape index (κ1) is 13.0. The fourth-order valence-corrected chi connectivity index (χ4v) is 1.81. The standard InChI is InChI=1S/C15H16N2O2/c1-10-6-7-12(16)13(8-10)17-15(19)9-11-4-2-3-5-14(11)18/h2-8,18H,9,16H2,1H3,(H,17,19). The van der Waals surface area contributed by atoms with Crippen LogP contribution in [0.5, 0.6) is 5.75 Å². The third kappa shape index (κ3) is 3.25. The molecular formula is C15H16N2O2. The molecule has 19 heavy (non-hydrogen) atoms. The van der Waals surface area contributed by atoms with Crippen molar-refractivity contribution < 1.29 is 9.90 Å².